The third-order valence-corrected chi connectivity index (χ3v) is 7.22. The molecule has 4 nitrogen and oxygen atoms in total. The standard InChI is InChI=1S/C27H24NO.C11H20O2.Ir/c1-16(2)9-19-13-24(20-11-17(3)10-18(4)12-20)28-25-15-27-23(14-22(19)25)21-7-5-6-8-26(21)29-27;1-10(2,3)8(12)7-9(13)11(4,5)6;/h5-8,10-11,13-16H,9H2,1-4H3;7,12H,1-6H3;/q-1;;/b;8-7-;. The Bertz CT molecular complexity index is 1780. The zero-order chi connectivity index (χ0) is 31.0. The third-order valence-electron chi connectivity index (χ3n) is 7.22. The van der Waals surface area contributed by atoms with E-state index >= 15 is 0 Å². The number of ketones is 1. The summed E-state index contributed by atoms with van der Waals surface area (Å²) >= 11 is 0. The molecular formula is C38H44IrNO3-. The van der Waals surface area contributed by atoms with Crippen molar-refractivity contribution in [1.82, 2.24) is 4.98 Å². The molecule has 0 aliphatic heterocycles. The summed E-state index contributed by atoms with van der Waals surface area (Å²) in [6.45, 7) is 19.9. The number of para-hydroxylation sites is 1. The van der Waals surface area contributed by atoms with Crippen LogP contribution in [0.5, 0.6) is 0 Å². The topological polar surface area (TPSA) is 63.3 Å². The molecule has 43 heavy (non-hydrogen) atoms. The Kier molecular flexibility index (Phi) is 10.5. The molecule has 0 spiro atoms. The van der Waals surface area contributed by atoms with Gasteiger partial charge in [-0.05, 0) is 35.7 Å². The van der Waals surface area contributed by atoms with Crippen LogP contribution in [0.4, 0.5) is 0 Å². The quantitative estimate of drug-likeness (QED) is 0.113. The minimum absolute atomic E-state index is 0. The van der Waals surface area contributed by atoms with Crippen LogP contribution < -0.4 is 0 Å². The van der Waals surface area contributed by atoms with Crippen molar-refractivity contribution in [3.05, 3.63) is 89.2 Å². The monoisotopic (exact) mass is 755 g/mol. The molecule has 2 aromatic heterocycles. The van der Waals surface area contributed by atoms with E-state index in [0.717, 1.165) is 50.7 Å². The maximum atomic E-state index is 11.5. The van der Waals surface area contributed by atoms with E-state index in [1.165, 1.54) is 22.6 Å². The Hall–Kier alpha value is -3.27. The van der Waals surface area contributed by atoms with Crippen molar-refractivity contribution in [2.24, 2.45) is 16.7 Å². The van der Waals surface area contributed by atoms with Crippen molar-refractivity contribution in [3.63, 3.8) is 0 Å². The molecule has 1 N–H and O–H groups in total. The predicted molar refractivity (Wildman–Crippen MR) is 176 cm³/mol. The number of rotatable bonds is 4. The molecular weight excluding hydrogens is 711 g/mol. The van der Waals surface area contributed by atoms with Crippen LogP contribution in [0.15, 0.2) is 70.8 Å². The number of pyridine rings is 1. The Balaban J connectivity index is 0.000000310. The largest absolute Gasteiger partial charge is 0.512 e. The van der Waals surface area contributed by atoms with Crippen LogP contribution in [0, 0.1) is 36.7 Å². The number of aliphatic hydroxyl groups is 1. The summed E-state index contributed by atoms with van der Waals surface area (Å²) in [4.78, 5) is 16.5. The van der Waals surface area contributed by atoms with E-state index in [9.17, 15) is 9.90 Å². The first-order chi connectivity index (χ1) is 19.5. The SMILES string of the molecule is CC(C)(C)C(=O)/C=C(\O)C(C)(C)C.Cc1[c-]c(-c2cc(CC(C)C)c3cc4c(cc3n2)oc2ccccc24)cc(C)c1.[Ir]. The summed E-state index contributed by atoms with van der Waals surface area (Å²) < 4.78 is 6.12. The number of hydrogen-bond acceptors (Lipinski definition) is 4. The molecule has 2 heterocycles. The van der Waals surface area contributed by atoms with Gasteiger partial charge < -0.3 is 9.52 Å². The Morgan fingerprint density at radius 3 is 2.19 bits per heavy atom. The van der Waals surface area contributed by atoms with Gasteiger partial charge in [-0.15, -0.1) is 34.9 Å². The second-order valence-electron chi connectivity index (χ2n) is 13.9. The van der Waals surface area contributed by atoms with Crippen LogP contribution >= 0.6 is 0 Å². The van der Waals surface area contributed by atoms with E-state index < -0.39 is 5.41 Å². The number of furan rings is 1. The first-order valence-corrected chi connectivity index (χ1v) is 14.7. The van der Waals surface area contributed by atoms with Crippen molar-refractivity contribution in [3.8, 4) is 11.3 Å². The maximum Gasteiger partial charge on any atom is 0.164 e. The number of aromatic nitrogens is 1. The number of aliphatic hydroxyl groups excluding tert-OH is 1. The Labute approximate surface area is 270 Å². The molecule has 1 radical (unpaired) electrons. The number of carbonyl (C=O) groups excluding carboxylic acids is 1. The molecule has 0 aliphatic carbocycles. The molecule has 5 aromatic rings. The Morgan fingerprint density at radius 2 is 1.58 bits per heavy atom. The van der Waals surface area contributed by atoms with Gasteiger partial charge in [0.15, 0.2) is 5.78 Å². The number of fused-ring (bicyclic) bond motifs is 4. The minimum Gasteiger partial charge on any atom is -0.512 e. The zero-order valence-electron chi connectivity index (χ0n) is 27.1. The summed E-state index contributed by atoms with van der Waals surface area (Å²) in [5.74, 6) is 0.667. The number of carbonyl (C=O) groups is 1. The number of benzene rings is 3. The molecule has 0 amide bonds. The fourth-order valence-electron chi connectivity index (χ4n) is 4.85. The fourth-order valence-corrected chi connectivity index (χ4v) is 4.85. The zero-order valence-corrected chi connectivity index (χ0v) is 29.5. The molecule has 5 rings (SSSR count). The summed E-state index contributed by atoms with van der Waals surface area (Å²) in [5, 5.41) is 13.1. The van der Waals surface area contributed by atoms with E-state index in [4.69, 9.17) is 9.40 Å². The van der Waals surface area contributed by atoms with Gasteiger partial charge in [0.05, 0.1) is 5.52 Å². The van der Waals surface area contributed by atoms with Gasteiger partial charge in [-0.1, -0.05) is 93.5 Å². The van der Waals surface area contributed by atoms with Crippen LogP contribution in [0.1, 0.15) is 72.1 Å². The van der Waals surface area contributed by atoms with Crippen molar-refractivity contribution in [1.29, 1.82) is 0 Å². The predicted octanol–water partition coefficient (Wildman–Crippen LogP) is 10.5. The average Bonchev–Trinajstić information content (AvgIpc) is 3.23. The smallest absolute Gasteiger partial charge is 0.164 e. The van der Waals surface area contributed by atoms with Gasteiger partial charge in [-0.3, -0.25) is 9.78 Å². The van der Waals surface area contributed by atoms with Gasteiger partial charge in [0.2, 0.25) is 0 Å². The molecule has 0 unspecified atom stereocenters. The fraction of sp³-hybridized carbons (Fsp3) is 0.368. The average molecular weight is 755 g/mol. The van der Waals surface area contributed by atoms with Gasteiger partial charge in [0, 0.05) is 59.2 Å². The first-order valence-electron chi connectivity index (χ1n) is 14.7. The summed E-state index contributed by atoms with van der Waals surface area (Å²) in [6, 6.07) is 22.6. The van der Waals surface area contributed by atoms with Gasteiger partial charge in [-0.25, -0.2) is 0 Å². The van der Waals surface area contributed by atoms with E-state index in [1.54, 1.807) is 0 Å². The van der Waals surface area contributed by atoms with Crippen molar-refractivity contribution in [2.45, 2.75) is 75.7 Å². The van der Waals surface area contributed by atoms with E-state index in [2.05, 4.69) is 76.2 Å². The first kappa shape index (κ1) is 34.2. The molecule has 0 saturated heterocycles. The van der Waals surface area contributed by atoms with Crippen molar-refractivity contribution < 1.29 is 34.4 Å². The van der Waals surface area contributed by atoms with Crippen LogP contribution in [0.3, 0.4) is 0 Å². The summed E-state index contributed by atoms with van der Waals surface area (Å²) in [7, 11) is 0. The van der Waals surface area contributed by atoms with E-state index in [0.29, 0.717) is 5.92 Å². The van der Waals surface area contributed by atoms with E-state index in [1.807, 2.05) is 53.7 Å². The number of hydrogen-bond donors (Lipinski definition) is 1. The second kappa shape index (κ2) is 13.2. The van der Waals surface area contributed by atoms with Crippen LogP contribution in [-0.4, -0.2) is 15.9 Å². The molecule has 0 aliphatic rings. The molecule has 0 saturated carbocycles. The van der Waals surface area contributed by atoms with Crippen LogP contribution in [-0.2, 0) is 31.3 Å². The van der Waals surface area contributed by atoms with Crippen LogP contribution in [0.25, 0.3) is 44.1 Å². The minimum atomic E-state index is -0.417. The van der Waals surface area contributed by atoms with Crippen LogP contribution in [0.2, 0.25) is 0 Å². The molecule has 0 fully saturated rings. The summed E-state index contributed by atoms with van der Waals surface area (Å²) in [6.07, 6.45) is 2.35. The molecule has 0 atom stereocenters. The number of aryl methyl sites for hydroxylation is 2. The maximum absolute atomic E-state index is 11.5. The molecule has 5 heteroatoms. The Morgan fingerprint density at radius 1 is 0.907 bits per heavy atom. The third kappa shape index (κ3) is 8.22. The van der Waals surface area contributed by atoms with Gasteiger partial charge in [0.1, 0.15) is 16.9 Å². The molecule has 229 valence electrons. The summed E-state index contributed by atoms with van der Waals surface area (Å²) in [5.41, 5.74) is 7.78. The van der Waals surface area contributed by atoms with Crippen molar-refractivity contribution >= 4 is 38.6 Å². The number of nitrogens with zero attached hydrogens (tertiary/aromatic N) is 1. The molecule has 3 aromatic carbocycles. The molecule has 0 bridgehead atoms. The van der Waals surface area contributed by atoms with Gasteiger partial charge in [-0.2, -0.15) is 0 Å². The van der Waals surface area contributed by atoms with Gasteiger partial charge >= 0.3 is 0 Å². The van der Waals surface area contributed by atoms with Crippen molar-refractivity contribution in [2.75, 3.05) is 0 Å². The normalized spacial score (nSPS) is 12.4. The number of allylic oxidation sites excluding steroid dienone is 2. The van der Waals surface area contributed by atoms with Gasteiger partial charge in [0.25, 0.3) is 0 Å². The van der Waals surface area contributed by atoms with E-state index in [-0.39, 0.29) is 37.1 Å². The second-order valence-corrected chi connectivity index (χ2v) is 13.9.